The molecule has 1 aliphatic rings. The van der Waals surface area contributed by atoms with Crippen LogP contribution in [0.15, 0.2) is 48.5 Å². The molecule has 3 rings (SSSR count). The number of nitrogens with zero attached hydrogens (tertiary/aromatic N) is 1. The third-order valence-electron chi connectivity index (χ3n) is 3.87. The second-order valence-corrected chi connectivity index (χ2v) is 5.63. The van der Waals surface area contributed by atoms with Gasteiger partial charge in [-0.15, -0.1) is 0 Å². The van der Waals surface area contributed by atoms with E-state index in [1.807, 2.05) is 42.5 Å². The molecule has 0 unspecified atom stereocenters. The maximum absolute atomic E-state index is 8.77. The van der Waals surface area contributed by atoms with E-state index in [-0.39, 0.29) is 0 Å². The van der Waals surface area contributed by atoms with Crippen LogP contribution in [-0.4, -0.2) is 6.04 Å². The minimum atomic E-state index is 0.490. The van der Waals surface area contributed by atoms with Crippen LogP contribution < -0.4 is 5.32 Å². The Balaban J connectivity index is 1.58. The number of nitrogens with one attached hydrogen (secondary N) is 1. The van der Waals surface area contributed by atoms with Crippen LogP contribution in [0.1, 0.15) is 29.9 Å². The van der Waals surface area contributed by atoms with Crippen molar-refractivity contribution in [2.24, 2.45) is 0 Å². The lowest BCUT2D eigenvalue weighted by Crippen LogP contribution is -2.34. The molecule has 20 heavy (non-hydrogen) atoms. The number of hydrogen-bond acceptors (Lipinski definition) is 2. The van der Waals surface area contributed by atoms with Gasteiger partial charge in [-0.3, -0.25) is 0 Å². The van der Waals surface area contributed by atoms with Crippen molar-refractivity contribution in [2.75, 3.05) is 5.32 Å². The van der Waals surface area contributed by atoms with E-state index in [1.54, 1.807) is 0 Å². The van der Waals surface area contributed by atoms with Gasteiger partial charge in [0.2, 0.25) is 0 Å². The summed E-state index contributed by atoms with van der Waals surface area (Å²) in [4.78, 5) is 0. The number of rotatable bonds is 3. The monoisotopic (exact) mass is 282 g/mol. The van der Waals surface area contributed by atoms with E-state index in [0.717, 1.165) is 23.6 Å². The molecule has 3 heteroatoms. The number of nitriles is 1. The molecule has 0 aliphatic heterocycles. The Kier molecular flexibility index (Phi) is 3.62. The number of benzene rings is 2. The summed E-state index contributed by atoms with van der Waals surface area (Å²) in [5, 5.41) is 13.1. The van der Waals surface area contributed by atoms with E-state index >= 15 is 0 Å². The molecule has 1 fully saturated rings. The summed E-state index contributed by atoms with van der Waals surface area (Å²) in [6, 6.07) is 18.3. The Labute approximate surface area is 124 Å². The van der Waals surface area contributed by atoms with Gasteiger partial charge in [0.1, 0.15) is 0 Å². The van der Waals surface area contributed by atoms with Gasteiger partial charge >= 0.3 is 0 Å². The van der Waals surface area contributed by atoms with Gasteiger partial charge in [-0.05, 0) is 54.7 Å². The lowest BCUT2D eigenvalue weighted by atomic mass is 9.76. The quantitative estimate of drug-likeness (QED) is 0.895. The lowest BCUT2D eigenvalue weighted by Gasteiger charge is -2.37. The summed E-state index contributed by atoms with van der Waals surface area (Å²) in [6.07, 6.45) is 2.20. The molecule has 1 N–H and O–H groups in total. The van der Waals surface area contributed by atoms with Crippen molar-refractivity contribution < 1.29 is 0 Å². The van der Waals surface area contributed by atoms with Gasteiger partial charge in [0, 0.05) is 16.8 Å². The maximum Gasteiger partial charge on any atom is 0.0991 e. The topological polar surface area (TPSA) is 35.8 Å². The fourth-order valence-corrected chi connectivity index (χ4v) is 2.96. The lowest BCUT2D eigenvalue weighted by molar-refractivity contribution is 0.374. The fraction of sp³-hybridized carbons (Fsp3) is 0.235. The average molecular weight is 283 g/mol. The van der Waals surface area contributed by atoms with Crippen molar-refractivity contribution in [3.05, 3.63) is 64.7 Å². The van der Waals surface area contributed by atoms with Crippen molar-refractivity contribution >= 4 is 17.3 Å². The molecular formula is C17H15ClN2. The molecule has 0 bridgehead atoms. The van der Waals surface area contributed by atoms with E-state index in [0.29, 0.717) is 17.5 Å². The van der Waals surface area contributed by atoms with Crippen LogP contribution in [-0.2, 0) is 0 Å². The third kappa shape index (κ3) is 2.64. The minimum absolute atomic E-state index is 0.490. The van der Waals surface area contributed by atoms with Crippen LogP contribution in [0.25, 0.3) is 0 Å². The SMILES string of the molecule is N#Cc1ccc(NC2CC(c3ccccc3Cl)C2)cc1. The van der Waals surface area contributed by atoms with Gasteiger partial charge in [-0.2, -0.15) is 5.26 Å². The highest BCUT2D eigenvalue weighted by Gasteiger charge is 2.31. The molecule has 0 spiro atoms. The molecule has 0 saturated heterocycles. The minimum Gasteiger partial charge on any atom is -0.382 e. The highest BCUT2D eigenvalue weighted by Crippen LogP contribution is 2.41. The maximum atomic E-state index is 8.77. The molecule has 0 radical (unpaired) electrons. The Morgan fingerprint density at radius 1 is 1.05 bits per heavy atom. The zero-order valence-electron chi connectivity index (χ0n) is 11.0. The summed E-state index contributed by atoms with van der Waals surface area (Å²) >= 11 is 6.22. The van der Waals surface area contributed by atoms with Gasteiger partial charge < -0.3 is 5.32 Å². The third-order valence-corrected chi connectivity index (χ3v) is 4.21. The van der Waals surface area contributed by atoms with Gasteiger partial charge in [0.05, 0.1) is 11.6 Å². The van der Waals surface area contributed by atoms with Crippen LogP contribution in [0.4, 0.5) is 5.69 Å². The predicted octanol–water partition coefficient (Wildman–Crippen LogP) is 4.57. The largest absolute Gasteiger partial charge is 0.382 e. The standard InChI is InChI=1S/C17H15ClN2/c18-17-4-2-1-3-16(17)13-9-15(10-13)20-14-7-5-12(11-19)6-8-14/h1-8,13,15,20H,9-10H2. The molecule has 2 aromatic rings. The number of halogens is 1. The smallest absolute Gasteiger partial charge is 0.0991 e. The summed E-state index contributed by atoms with van der Waals surface area (Å²) < 4.78 is 0. The summed E-state index contributed by atoms with van der Waals surface area (Å²) in [7, 11) is 0. The molecule has 1 aliphatic carbocycles. The zero-order valence-corrected chi connectivity index (χ0v) is 11.8. The van der Waals surface area contributed by atoms with Crippen LogP contribution >= 0.6 is 11.6 Å². The normalized spacial score (nSPS) is 20.8. The Morgan fingerprint density at radius 3 is 2.40 bits per heavy atom. The van der Waals surface area contributed by atoms with Crippen LogP contribution in [0.5, 0.6) is 0 Å². The first kappa shape index (κ1) is 13.0. The van der Waals surface area contributed by atoms with E-state index in [4.69, 9.17) is 16.9 Å². The first-order chi connectivity index (χ1) is 9.76. The molecule has 0 atom stereocenters. The van der Waals surface area contributed by atoms with Crippen molar-refractivity contribution in [1.29, 1.82) is 5.26 Å². The van der Waals surface area contributed by atoms with Crippen molar-refractivity contribution in [3.63, 3.8) is 0 Å². The van der Waals surface area contributed by atoms with Gasteiger partial charge in [0.15, 0.2) is 0 Å². The predicted molar refractivity (Wildman–Crippen MR) is 82.0 cm³/mol. The van der Waals surface area contributed by atoms with Crippen LogP contribution in [0, 0.1) is 11.3 Å². The number of hydrogen-bond donors (Lipinski definition) is 1. The van der Waals surface area contributed by atoms with Crippen molar-refractivity contribution in [2.45, 2.75) is 24.8 Å². The van der Waals surface area contributed by atoms with E-state index < -0.39 is 0 Å². The number of anilines is 1. The Morgan fingerprint density at radius 2 is 1.75 bits per heavy atom. The molecule has 100 valence electrons. The second kappa shape index (κ2) is 5.56. The molecule has 0 aromatic heterocycles. The zero-order chi connectivity index (χ0) is 13.9. The summed E-state index contributed by atoms with van der Waals surface area (Å²) in [5.74, 6) is 0.555. The molecule has 0 amide bonds. The van der Waals surface area contributed by atoms with E-state index in [1.165, 1.54) is 5.56 Å². The van der Waals surface area contributed by atoms with E-state index in [9.17, 15) is 0 Å². The van der Waals surface area contributed by atoms with Crippen molar-refractivity contribution in [3.8, 4) is 6.07 Å². The fourth-order valence-electron chi connectivity index (χ4n) is 2.67. The molecule has 0 heterocycles. The first-order valence-corrected chi connectivity index (χ1v) is 7.15. The first-order valence-electron chi connectivity index (χ1n) is 6.77. The molecule has 2 aromatic carbocycles. The molecular weight excluding hydrogens is 268 g/mol. The highest BCUT2D eigenvalue weighted by molar-refractivity contribution is 6.31. The van der Waals surface area contributed by atoms with Crippen LogP contribution in [0.2, 0.25) is 5.02 Å². The second-order valence-electron chi connectivity index (χ2n) is 5.22. The van der Waals surface area contributed by atoms with Gasteiger partial charge in [-0.25, -0.2) is 0 Å². The van der Waals surface area contributed by atoms with Gasteiger partial charge in [-0.1, -0.05) is 29.8 Å². The Bertz CT molecular complexity index is 637. The summed E-state index contributed by atoms with van der Waals surface area (Å²) in [6.45, 7) is 0. The van der Waals surface area contributed by atoms with Crippen molar-refractivity contribution in [1.82, 2.24) is 0 Å². The molecule has 1 saturated carbocycles. The summed E-state index contributed by atoms with van der Waals surface area (Å²) in [5.41, 5.74) is 3.02. The Hall–Kier alpha value is -1.98. The molecule has 2 nitrogen and oxygen atoms in total. The van der Waals surface area contributed by atoms with Crippen LogP contribution in [0.3, 0.4) is 0 Å². The highest BCUT2D eigenvalue weighted by atomic mass is 35.5. The van der Waals surface area contributed by atoms with E-state index in [2.05, 4.69) is 17.5 Å². The average Bonchev–Trinajstić information content (AvgIpc) is 2.44. The van der Waals surface area contributed by atoms with Gasteiger partial charge in [0.25, 0.3) is 0 Å².